The van der Waals surface area contributed by atoms with Gasteiger partial charge in [-0.05, 0) is 36.2 Å². The fourth-order valence-corrected chi connectivity index (χ4v) is 2.30. The van der Waals surface area contributed by atoms with Crippen molar-refractivity contribution in [3.8, 4) is 6.07 Å². The van der Waals surface area contributed by atoms with E-state index in [0.29, 0.717) is 16.1 Å². The van der Waals surface area contributed by atoms with Crippen molar-refractivity contribution < 1.29 is 4.79 Å². The van der Waals surface area contributed by atoms with E-state index in [0.717, 1.165) is 10.0 Å². The fourth-order valence-electron chi connectivity index (χ4n) is 1.85. The average molecular weight is 349 g/mol. The highest BCUT2D eigenvalue weighted by atomic mass is 79.9. The van der Waals surface area contributed by atoms with Gasteiger partial charge in [-0.15, -0.1) is 0 Å². The summed E-state index contributed by atoms with van der Waals surface area (Å²) in [6.07, 6.45) is 0. The highest BCUT2D eigenvalue weighted by Crippen LogP contribution is 2.25. The fraction of sp³-hybridized carbons (Fsp3) is 0.125. The van der Waals surface area contributed by atoms with E-state index >= 15 is 0 Å². The molecule has 0 heterocycles. The van der Waals surface area contributed by atoms with Gasteiger partial charge in [0, 0.05) is 15.1 Å². The van der Waals surface area contributed by atoms with Crippen molar-refractivity contribution in [2.24, 2.45) is 0 Å². The van der Waals surface area contributed by atoms with Crippen LogP contribution in [0.3, 0.4) is 0 Å². The van der Waals surface area contributed by atoms with Crippen LogP contribution in [-0.2, 0) is 0 Å². The molecule has 100 valence electrons. The van der Waals surface area contributed by atoms with Crippen LogP contribution in [0.4, 0.5) is 0 Å². The normalized spacial score (nSPS) is 11.7. The summed E-state index contributed by atoms with van der Waals surface area (Å²) in [6.45, 7) is 1.87. The number of halogens is 2. The monoisotopic (exact) mass is 347 g/mol. The molecule has 0 aliphatic heterocycles. The molecule has 0 saturated heterocycles. The molecule has 1 atom stereocenters. The number of nitriles is 1. The third-order valence-corrected chi connectivity index (χ3v) is 3.99. The van der Waals surface area contributed by atoms with E-state index in [1.54, 1.807) is 30.3 Å². The first-order valence-electron chi connectivity index (χ1n) is 5.98. The maximum absolute atomic E-state index is 12.4. The first-order chi connectivity index (χ1) is 9.52. The van der Waals surface area contributed by atoms with E-state index in [1.807, 2.05) is 19.1 Å². The average Bonchev–Trinajstić information content (AvgIpc) is 2.44. The number of hydrogen-bond acceptors (Lipinski definition) is 2. The van der Waals surface area contributed by atoms with Gasteiger partial charge in [-0.3, -0.25) is 4.79 Å². The molecule has 2 nitrogen and oxygen atoms in total. The lowest BCUT2D eigenvalue weighted by atomic mass is 9.91. The Balaban J connectivity index is 2.36. The molecule has 0 N–H and O–H groups in total. The Labute approximate surface area is 131 Å². The van der Waals surface area contributed by atoms with Crippen molar-refractivity contribution in [3.05, 3.63) is 68.7 Å². The van der Waals surface area contributed by atoms with Crippen molar-refractivity contribution >= 4 is 33.3 Å². The minimum atomic E-state index is -0.818. The van der Waals surface area contributed by atoms with Gasteiger partial charge in [0.1, 0.15) is 5.92 Å². The molecular formula is C16H11BrClNO. The summed E-state index contributed by atoms with van der Waals surface area (Å²) in [5.41, 5.74) is 2.04. The van der Waals surface area contributed by atoms with Crippen LogP contribution in [0.25, 0.3) is 0 Å². The zero-order valence-corrected chi connectivity index (χ0v) is 13.1. The molecule has 20 heavy (non-hydrogen) atoms. The number of ketones is 1. The van der Waals surface area contributed by atoms with Gasteiger partial charge < -0.3 is 0 Å². The van der Waals surface area contributed by atoms with Gasteiger partial charge in [0.15, 0.2) is 5.78 Å². The number of Topliss-reactive ketones (excluding diaryl/α,β-unsaturated/α-hetero) is 1. The summed E-state index contributed by atoms with van der Waals surface area (Å²) in [4.78, 5) is 12.4. The largest absolute Gasteiger partial charge is 0.292 e. The molecule has 0 saturated carbocycles. The standard InChI is InChI=1S/C16H11BrClNO/c1-10-2-3-12(8-15(10)18)16(20)14(9-19)11-4-6-13(17)7-5-11/h2-8,14H,1H3. The summed E-state index contributed by atoms with van der Waals surface area (Å²) in [6, 6.07) is 14.3. The van der Waals surface area contributed by atoms with Crippen LogP contribution in [0.2, 0.25) is 5.02 Å². The van der Waals surface area contributed by atoms with Crippen molar-refractivity contribution in [1.29, 1.82) is 5.26 Å². The lowest BCUT2D eigenvalue weighted by molar-refractivity contribution is 0.0979. The Morgan fingerprint density at radius 1 is 1.25 bits per heavy atom. The zero-order valence-electron chi connectivity index (χ0n) is 10.7. The molecule has 0 aliphatic carbocycles. The smallest absolute Gasteiger partial charge is 0.184 e. The Bertz CT molecular complexity index is 689. The highest BCUT2D eigenvalue weighted by molar-refractivity contribution is 9.10. The van der Waals surface area contributed by atoms with Gasteiger partial charge in [-0.1, -0.05) is 51.8 Å². The van der Waals surface area contributed by atoms with Gasteiger partial charge in [0.05, 0.1) is 6.07 Å². The molecule has 4 heteroatoms. The summed E-state index contributed by atoms with van der Waals surface area (Å²) in [5.74, 6) is -1.06. The van der Waals surface area contributed by atoms with E-state index < -0.39 is 5.92 Å². The molecule has 2 rings (SSSR count). The lowest BCUT2D eigenvalue weighted by Crippen LogP contribution is -2.11. The second-order valence-corrected chi connectivity index (χ2v) is 5.76. The molecule has 1 unspecified atom stereocenters. The predicted molar refractivity (Wildman–Crippen MR) is 83.0 cm³/mol. The van der Waals surface area contributed by atoms with Crippen LogP contribution < -0.4 is 0 Å². The molecular weight excluding hydrogens is 338 g/mol. The SMILES string of the molecule is Cc1ccc(C(=O)C(C#N)c2ccc(Br)cc2)cc1Cl. The first-order valence-corrected chi connectivity index (χ1v) is 7.15. The molecule has 0 radical (unpaired) electrons. The van der Waals surface area contributed by atoms with Gasteiger partial charge in [-0.2, -0.15) is 5.26 Å². The van der Waals surface area contributed by atoms with Crippen molar-refractivity contribution in [3.63, 3.8) is 0 Å². The maximum Gasteiger partial charge on any atom is 0.184 e. The summed E-state index contributed by atoms with van der Waals surface area (Å²) in [7, 11) is 0. The van der Waals surface area contributed by atoms with Crippen LogP contribution in [-0.4, -0.2) is 5.78 Å². The van der Waals surface area contributed by atoms with E-state index in [4.69, 9.17) is 11.6 Å². The number of rotatable bonds is 3. The Morgan fingerprint density at radius 2 is 1.90 bits per heavy atom. The van der Waals surface area contributed by atoms with E-state index in [1.165, 1.54) is 0 Å². The van der Waals surface area contributed by atoms with Gasteiger partial charge in [-0.25, -0.2) is 0 Å². The van der Waals surface area contributed by atoms with Crippen LogP contribution in [0.5, 0.6) is 0 Å². The molecule has 0 spiro atoms. The first kappa shape index (κ1) is 14.8. The van der Waals surface area contributed by atoms with Crippen LogP contribution in [0.15, 0.2) is 46.9 Å². The second kappa shape index (κ2) is 6.21. The molecule has 0 bridgehead atoms. The lowest BCUT2D eigenvalue weighted by Gasteiger charge is -2.10. The minimum absolute atomic E-state index is 0.239. The number of carbonyl (C=O) groups excluding carboxylic acids is 1. The number of nitrogens with zero attached hydrogens (tertiary/aromatic N) is 1. The van der Waals surface area contributed by atoms with Crippen LogP contribution in [0.1, 0.15) is 27.4 Å². The summed E-state index contributed by atoms with van der Waals surface area (Å²) >= 11 is 9.36. The number of hydrogen-bond donors (Lipinski definition) is 0. The van der Waals surface area contributed by atoms with Crippen molar-refractivity contribution in [2.45, 2.75) is 12.8 Å². The zero-order chi connectivity index (χ0) is 14.7. The topological polar surface area (TPSA) is 40.9 Å². The van der Waals surface area contributed by atoms with Gasteiger partial charge in [0.2, 0.25) is 0 Å². The Morgan fingerprint density at radius 3 is 2.45 bits per heavy atom. The number of aryl methyl sites for hydroxylation is 1. The van der Waals surface area contributed by atoms with Crippen LogP contribution >= 0.6 is 27.5 Å². The summed E-state index contributed by atoms with van der Waals surface area (Å²) < 4.78 is 0.906. The van der Waals surface area contributed by atoms with E-state index in [-0.39, 0.29) is 5.78 Å². The van der Waals surface area contributed by atoms with Gasteiger partial charge in [0.25, 0.3) is 0 Å². The minimum Gasteiger partial charge on any atom is -0.292 e. The maximum atomic E-state index is 12.4. The van der Waals surface area contributed by atoms with Crippen molar-refractivity contribution in [1.82, 2.24) is 0 Å². The predicted octanol–water partition coefficient (Wildman–Crippen LogP) is 4.90. The molecule has 0 aliphatic rings. The second-order valence-electron chi connectivity index (χ2n) is 4.44. The third-order valence-electron chi connectivity index (χ3n) is 3.05. The quantitative estimate of drug-likeness (QED) is 0.740. The Kier molecular flexibility index (Phi) is 4.59. The molecule has 2 aromatic rings. The van der Waals surface area contributed by atoms with E-state index in [2.05, 4.69) is 22.0 Å². The van der Waals surface area contributed by atoms with Crippen molar-refractivity contribution in [2.75, 3.05) is 0 Å². The highest BCUT2D eigenvalue weighted by Gasteiger charge is 2.22. The van der Waals surface area contributed by atoms with Gasteiger partial charge >= 0.3 is 0 Å². The molecule has 0 amide bonds. The van der Waals surface area contributed by atoms with E-state index in [9.17, 15) is 10.1 Å². The summed E-state index contributed by atoms with van der Waals surface area (Å²) in [5, 5.41) is 9.82. The number of benzene rings is 2. The molecule has 0 fully saturated rings. The third kappa shape index (κ3) is 3.09. The number of carbonyl (C=O) groups is 1. The molecule has 0 aromatic heterocycles. The Hall–Kier alpha value is -1.63. The van der Waals surface area contributed by atoms with Crippen LogP contribution in [0, 0.1) is 18.3 Å². The molecule has 2 aromatic carbocycles.